The van der Waals surface area contributed by atoms with Crippen LogP contribution < -0.4 is 4.90 Å². The van der Waals surface area contributed by atoms with Gasteiger partial charge in [-0.05, 0) is 26.2 Å². The summed E-state index contributed by atoms with van der Waals surface area (Å²) in [4.78, 5) is 12.3. The summed E-state index contributed by atoms with van der Waals surface area (Å²) in [6.07, 6.45) is 2.58. The number of fused-ring (bicyclic) bond motifs is 1. The summed E-state index contributed by atoms with van der Waals surface area (Å²) >= 11 is 3.29. The second-order valence-corrected chi connectivity index (χ2v) is 7.00. The lowest BCUT2D eigenvalue weighted by Crippen LogP contribution is -2.16. The molecule has 1 unspecified atom stereocenters. The number of aliphatic hydroxyl groups excluding tert-OH is 1. The first-order valence-electron chi connectivity index (χ1n) is 6.43. The molecule has 19 heavy (non-hydrogen) atoms. The predicted octanol–water partition coefficient (Wildman–Crippen LogP) is 2.91. The van der Waals surface area contributed by atoms with E-state index in [0.717, 1.165) is 52.2 Å². The molecule has 1 aliphatic carbocycles. The van der Waals surface area contributed by atoms with Crippen LogP contribution in [0.2, 0.25) is 0 Å². The molecule has 0 amide bonds. The highest BCUT2D eigenvalue weighted by Crippen LogP contribution is 2.37. The van der Waals surface area contributed by atoms with Crippen LogP contribution in [0.15, 0.2) is 5.38 Å². The van der Waals surface area contributed by atoms with E-state index in [1.165, 1.54) is 0 Å². The smallest absolute Gasteiger partial charge is 0.185 e. The quantitative estimate of drug-likeness (QED) is 0.946. The summed E-state index contributed by atoms with van der Waals surface area (Å²) in [5.41, 5.74) is 2.17. The van der Waals surface area contributed by atoms with Gasteiger partial charge in [0.2, 0.25) is 0 Å². The van der Waals surface area contributed by atoms with Gasteiger partial charge in [-0.2, -0.15) is 0 Å². The van der Waals surface area contributed by atoms with E-state index < -0.39 is 0 Å². The van der Waals surface area contributed by atoms with Crippen LogP contribution in [0.3, 0.4) is 0 Å². The molecule has 0 aromatic carbocycles. The number of aromatic nitrogens is 2. The van der Waals surface area contributed by atoms with Gasteiger partial charge < -0.3 is 10.0 Å². The zero-order valence-electron chi connectivity index (χ0n) is 11.1. The van der Waals surface area contributed by atoms with Gasteiger partial charge >= 0.3 is 0 Å². The van der Waals surface area contributed by atoms with E-state index in [1.807, 2.05) is 14.0 Å². The summed E-state index contributed by atoms with van der Waals surface area (Å²) in [5.74, 6) is 0. The molecule has 2 aromatic rings. The Labute approximate surface area is 120 Å². The fourth-order valence-electron chi connectivity index (χ4n) is 2.34. The van der Waals surface area contributed by atoms with Gasteiger partial charge in [-0.1, -0.05) is 11.3 Å². The molecule has 0 spiro atoms. The average Bonchev–Trinajstić information content (AvgIpc) is 2.96. The van der Waals surface area contributed by atoms with Crippen LogP contribution in [0.5, 0.6) is 0 Å². The second kappa shape index (κ2) is 5.19. The van der Waals surface area contributed by atoms with Crippen LogP contribution in [0.4, 0.5) is 5.13 Å². The molecule has 3 rings (SSSR count). The molecular weight excluding hydrogens is 278 g/mol. The number of aryl methyl sites for hydroxylation is 2. The maximum Gasteiger partial charge on any atom is 0.185 e. The largest absolute Gasteiger partial charge is 0.388 e. The van der Waals surface area contributed by atoms with Crippen molar-refractivity contribution in [2.24, 2.45) is 0 Å². The van der Waals surface area contributed by atoms with E-state index in [1.54, 1.807) is 22.7 Å². The highest BCUT2D eigenvalue weighted by atomic mass is 32.1. The van der Waals surface area contributed by atoms with Gasteiger partial charge in [-0.25, -0.2) is 9.97 Å². The van der Waals surface area contributed by atoms with Crippen molar-refractivity contribution in [1.82, 2.24) is 9.97 Å². The van der Waals surface area contributed by atoms with Gasteiger partial charge in [-0.15, -0.1) is 11.3 Å². The van der Waals surface area contributed by atoms with E-state index in [4.69, 9.17) is 0 Å². The minimum absolute atomic E-state index is 0.315. The molecule has 0 saturated heterocycles. The number of aliphatic hydroxyl groups is 1. The Morgan fingerprint density at radius 2 is 2.32 bits per heavy atom. The first-order chi connectivity index (χ1) is 9.13. The highest BCUT2D eigenvalue weighted by Gasteiger charge is 2.23. The Morgan fingerprint density at radius 1 is 1.47 bits per heavy atom. The number of rotatable bonds is 3. The van der Waals surface area contributed by atoms with Crippen LogP contribution in [0, 0.1) is 6.92 Å². The van der Waals surface area contributed by atoms with Gasteiger partial charge in [-0.3, -0.25) is 0 Å². The fraction of sp³-hybridized carbons (Fsp3) is 0.538. The lowest BCUT2D eigenvalue weighted by Gasteiger charge is -2.14. The van der Waals surface area contributed by atoms with Crippen LogP contribution in [0.1, 0.15) is 40.2 Å². The molecule has 102 valence electrons. The van der Waals surface area contributed by atoms with Gasteiger partial charge in [0.05, 0.1) is 33.9 Å². The van der Waals surface area contributed by atoms with Crippen molar-refractivity contribution in [2.75, 3.05) is 11.9 Å². The zero-order chi connectivity index (χ0) is 13.4. The predicted molar refractivity (Wildman–Crippen MR) is 79.0 cm³/mol. The highest BCUT2D eigenvalue weighted by molar-refractivity contribution is 7.15. The molecule has 0 bridgehead atoms. The molecule has 6 heteroatoms. The molecule has 0 aliphatic heterocycles. The third-order valence-corrected chi connectivity index (χ3v) is 5.44. The van der Waals surface area contributed by atoms with E-state index in [0.29, 0.717) is 0 Å². The van der Waals surface area contributed by atoms with E-state index in [-0.39, 0.29) is 6.10 Å². The first-order valence-corrected chi connectivity index (χ1v) is 8.13. The first kappa shape index (κ1) is 13.0. The van der Waals surface area contributed by atoms with Gasteiger partial charge in [0.1, 0.15) is 0 Å². The van der Waals surface area contributed by atoms with E-state index in [2.05, 4.69) is 20.2 Å². The van der Waals surface area contributed by atoms with Crippen LogP contribution in [-0.4, -0.2) is 22.1 Å². The van der Waals surface area contributed by atoms with Crippen molar-refractivity contribution in [3.8, 4) is 0 Å². The normalized spacial score (nSPS) is 18.4. The minimum Gasteiger partial charge on any atom is -0.388 e. The SMILES string of the molecule is Cc1nc(CN(C)c2nc3c(s2)C(O)CCC3)cs1. The second-order valence-electron chi connectivity index (χ2n) is 4.93. The Kier molecular flexibility index (Phi) is 3.56. The molecule has 1 atom stereocenters. The third kappa shape index (κ3) is 2.66. The van der Waals surface area contributed by atoms with Crippen LogP contribution in [0.25, 0.3) is 0 Å². The molecule has 2 heterocycles. The van der Waals surface area contributed by atoms with Crippen molar-refractivity contribution in [2.45, 2.75) is 38.8 Å². The molecule has 4 nitrogen and oxygen atoms in total. The average molecular weight is 295 g/mol. The Balaban J connectivity index is 1.78. The number of anilines is 1. The number of hydrogen-bond acceptors (Lipinski definition) is 6. The number of thiazole rings is 2. The number of hydrogen-bond donors (Lipinski definition) is 1. The van der Waals surface area contributed by atoms with Gasteiger partial charge in [0.15, 0.2) is 5.13 Å². The summed E-state index contributed by atoms with van der Waals surface area (Å²) in [7, 11) is 2.03. The lowest BCUT2D eigenvalue weighted by molar-refractivity contribution is 0.160. The molecule has 0 fully saturated rings. The van der Waals surface area contributed by atoms with Crippen molar-refractivity contribution in [3.63, 3.8) is 0 Å². The fourth-order valence-corrected chi connectivity index (χ4v) is 4.03. The van der Waals surface area contributed by atoms with Crippen LogP contribution in [-0.2, 0) is 13.0 Å². The molecule has 1 N–H and O–H groups in total. The Hall–Kier alpha value is -0.980. The topological polar surface area (TPSA) is 49.2 Å². The van der Waals surface area contributed by atoms with Crippen LogP contribution >= 0.6 is 22.7 Å². The summed E-state index contributed by atoms with van der Waals surface area (Å²) in [6, 6.07) is 0. The van der Waals surface area contributed by atoms with E-state index >= 15 is 0 Å². The monoisotopic (exact) mass is 295 g/mol. The maximum absolute atomic E-state index is 9.99. The molecule has 0 radical (unpaired) electrons. The molecule has 2 aromatic heterocycles. The van der Waals surface area contributed by atoms with Crippen molar-refractivity contribution < 1.29 is 5.11 Å². The zero-order valence-corrected chi connectivity index (χ0v) is 12.7. The summed E-state index contributed by atoms with van der Waals surface area (Å²) < 4.78 is 0. The van der Waals surface area contributed by atoms with Crippen molar-refractivity contribution >= 4 is 27.8 Å². The minimum atomic E-state index is -0.315. The standard InChI is InChI=1S/C13H17N3OS2/c1-8-14-9(7-18-8)6-16(2)13-15-10-4-3-5-11(17)12(10)19-13/h7,11,17H,3-6H2,1-2H3. The van der Waals surface area contributed by atoms with E-state index in [9.17, 15) is 5.11 Å². The molecule has 1 aliphatic rings. The third-order valence-electron chi connectivity index (χ3n) is 3.30. The Morgan fingerprint density at radius 3 is 3.00 bits per heavy atom. The number of nitrogens with zero attached hydrogens (tertiary/aromatic N) is 3. The van der Waals surface area contributed by atoms with Gasteiger partial charge in [0, 0.05) is 12.4 Å². The van der Waals surface area contributed by atoms with Crippen molar-refractivity contribution in [1.29, 1.82) is 0 Å². The molecular formula is C13H17N3OS2. The lowest BCUT2D eigenvalue weighted by atomic mass is 10.0. The van der Waals surface area contributed by atoms with Gasteiger partial charge in [0.25, 0.3) is 0 Å². The maximum atomic E-state index is 9.99. The Bertz CT molecular complexity index is 578. The molecule has 0 saturated carbocycles. The summed E-state index contributed by atoms with van der Waals surface area (Å²) in [6.45, 7) is 2.79. The summed E-state index contributed by atoms with van der Waals surface area (Å²) in [5, 5.41) is 14.2. The van der Waals surface area contributed by atoms with Crippen molar-refractivity contribution in [3.05, 3.63) is 26.7 Å².